The molecule has 1 fully saturated rings. The number of likely N-dealkylation sites (tertiary alicyclic amines) is 1. The largest absolute Gasteiger partial charge is 0.493 e. The molecule has 6 nitrogen and oxygen atoms in total. The summed E-state index contributed by atoms with van der Waals surface area (Å²) in [4.78, 5) is 25.7. The van der Waals surface area contributed by atoms with Crippen molar-refractivity contribution in [1.29, 1.82) is 0 Å². The third kappa shape index (κ3) is 4.15. The molecule has 0 aliphatic carbocycles. The van der Waals surface area contributed by atoms with E-state index in [1.165, 1.54) is 7.11 Å². The molecule has 126 valence electrons. The first-order valence-corrected chi connectivity index (χ1v) is 7.79. The van der Waals surface area contributed by atoms with Crippen LogP contribution in [0.4, 0.5) is 0 Å². The predicted molar refractivity (Wildman–Crippen MR) is 86.5 cm³/mol. The van der Waals surface area contributed by atoms with Gasteiger partial charge in [-0.2, -0.15) is 0 Å². The van der Waals surface area contributed by atoms with Crippen LogP contribution < -0.4 is 15.2 Å². The maximum absolute atomic E-state index is 12.4. The molecule has 0 radical (unpaired) electrons. The van der Waals surface area contributed by atoms with Crippen LogP contribution in [0.15, 0.2) is 18.2 Å². The molecule has 6 heteroatoms. The Hall–Kier alpha value is -2.24. The summed E-state index contributed by atoms with van der Waals surface area (Å²) >= 11 is 0. The van der Waals surface area contributed by atoms with E-state index >= 15 is 0 Å². The van der Waals surface area contributed by atoms with Gasteiger partial charge in [0.1, 0.15) is 0 Å². The highest BCUT2D eigenvalue weighted by Crippen LogP contribution is 2.31. The van der Waals surface area contributed by atoms with Crippen molar-refractivity contribution in [3.63, 3.8) is 0 Å². The third-order valence-electron chi connectivity index (χ3n) is 4.03. The van der Waals surface area contributed by atoms with Crippen molar-refractivity contribution in [2.75, 3.05) is 26.8 Å². The lowest BCUT2D eigenvalue weighted by molar-refractivity contribution is -0.136. The van der Waals surface area contributed by atoms with Crippen LogP contribution in [-0.2, 0) is 4.79 Å². The molecule has 1 heterocycles. The molecule has 0 aromatic heterocycles. The second-order valence-electron chi connectivity index (χ2n) is 6.23. The molecule has 2 N–H and O–H groups in total. The van der Waals surface area contributed by atoms with Crippen LogP contribution in [0.5, 0.6) is 11.5 Å². The molecule has 1 aromatic carbocycles. The number of hydrogen-bond donors (Lipinski definition) is 1. The van der Waals surface area contributed by atoms with Gasteiger partial charge in [-0.05, 0) is 30.4 Å². The third-order valence-corrected chi connectivity index (χ3v) is 4.03. The Labute approximate surface area is 136 Å². The summed E-state index contributed by atoms with van der Waals surface area (Å²) < 4.78 is 10.8. The zero-order valence-electron chi connectivity index (χ0n) is 13.9. The molecule has 1 aliphatic rings. The second kappa shape index (κ2) is 7.35. The Kier molecular flexibility index (Phi) is 5.47. The summed E-state index contributed by atoms with van der Waals surface area (Å²) in [6.45, 7) is 5.62. The molecule has 23 heavy (non-hydrogen) atoms. The van der Waals surface area contributed by atoms with Gasteiger partial charge in [0, 0.05) is 13.1 Å². The maximum Gasteiger partial charge on any atom is 0.260 e. The van der Waals surface area contributed by atoms with Crippen LogP contribution in [0.2, 0.25) is 0 Å². The van der Waals surface area contributed by atoms with Gasteiger partial charge in [0.05, 0.1) is 12.7 Å². The van der Waals surface area contributed by atoms with Gasteiger partial charge in [-0.25, -0.2) is 0 Å². The molecule has 0 unspecified atom stereocenters. The van der Waals surface area contributed by atoms with Crippen molar-refractivity contribution < 1.29 is 19.1 Å². The van der Waals surface area contributed by atoms with Crippen LogP contribution in [0, 0.1) is 11.8 Å². The standard InChI is InChI=1S/C17H24N2O4/c1-11-7-12(2)9-19(8-11)15(20)10-23-16-13(17(18)21)5-4-6-14(16)22-3/h4-6,11-12H,7-10H2,1-3H3,(H2,18,21)/t11-,12-/m1/s1. The number of methoxy groups -OCH3 is 1. The molecule has 0 bridgehead atoms. The lowest BCUT2D eigenvalue weighted by Gasteiger charge is -2.35. The van der Waals surface area contributed by atoms with Crippen LogP contribution in [-0.4, -0.2) is 43.5 Å². The highest BCUT2D eigenvalue weighted by atomic mass is 16.5. The zero-order valence-corrected chi connectivity index (χ0v) is 13.9. The van der Waals surface area contributed by atoms with E-state index in [-0.39, 0.29) is 23.8 Å². The number of nitrogens with zero attached hydrogens (tertiary/aromatic N) is 1. The summed E-state index contributed by atoms with van der Waals surface area (Å²) in [5.74, 6) is 0.852. The number of benzene rings is 1. The molecular formula is C17H24N2O4. The summed E-state index contributed by atoms with van der Waals surface area (Å²) in [6, 6.07) is 4.87. The number of para-hydroxylation sites is 1. The van der Waals surface area contributed by atoms with E-state index < -0.39 is 5.91 Å². The lowest BCUT2D eigenvalue weighted by Crippen LogP contribution is -2.44. The molecule has 2 atom stereocenters. The highest BCUT2D eigenvalue weighted by molar-refractivity contribution is 5.96. The Morgan fingerprint density at radius 1 is 1.26 bits per heavy atom. The SMILES string of the molecule is COc1cccc(C(N)=O)c1OCC(=O)N1C[C@H](C)C[C@@H](C)C1. The van der Waals surface area contributed by atoms with E-state index in [1.807, 2.05) is 4.90 Å². The molecule has 1 saturated heterocycles. The fraction of sp³-hybridized carbons (Fsp3) is 0.529. The monoisotopic (exact) mass is 320 g/mol. The number of ether oxygens (including phenoxy) is 2. The Balaban J connectivity index is 2.08. The first-order valence-electron chi connectivity index (χ1n) is 7.79. The lowest BCUT2D eigenvalue weighted by atomic mass is 9.92. The number of hydrogen-bond acceptors (Lipinski definition) is 4. The zero-order chi connectivity index (χ0) is 17.0. The topological polar surface area (TPSA) is 81.9 Å². The van der Waals surface area contributed by atoms with Gasteiger partial charge in [-0.3, -0.25) is 9.59 Å². The van der Waals surface area contributed by atoms with E-state index in [9.17, 15) is 9.59 Å². The van der Waals surface area contributed by atoms with E-state index in [0.717, 1.165) is 19.5 Å². The van der Waals surface area contributed by atoms with Crippen molar-refractivity contribution in [3.8, 4) is 11.5 Å². The number of rotatable bonds is 5. The quantitative estimate of drug-likeness (QED) is 0.895. The molecular weight excluding hydrogens is 296 g/mol. The molecule has 0 saturated carbocycles. The van der Waals surface area contributed by atoms with Crippen molar-refractivity contribution >= 4 is 11.8 Å². The second-order valence-corrected chi connectivity index (χ2v) is 6.23. The van der Waals surface area contributed by atoms with Gasteiger partial charge in [0.2, 0.25) is 0 Å². The number of nitrogens with two attached hydrogens (primary N) is 1. The van der Waals surface area contributed by atoms with Gasteiger partial charge in [-0.1, -0.05) is 19.9 Å². The van der Waals surface area contributed by atoms with Crippen molar-refractivity contribution in [2.45, 2.75) is 20.3 Å². The van der Waals surface area contributed by atoms with E-state index in [4.69, 9.17) is 15.2 Å². The first kappa shape index (κ1) is 17.1. The number of piperidine rings is 1. The molecule has 1 aliphatic heterocycles. The minimum atomic E-state index is -0.619. The summed E-state index contributed by atoms with van der Waals surface area (Å²) in [5, 5.41) is 0. The van der Waals surface area contributed by atoms with E-state index in [0.29, 0.717) is 17.6 Å². The predicted octanol–water partition coefficient (Wildman–Crippen LogP) is 1.68. The molecule has 2 amide bonds. The number of primary amides is 1. The Morgan fingerprint density at radius 2 is 1.91 bits per heavy atom. The smallest absolute Gasteiger partial charge is 0.260 e. The molecule has 2 rings (SSSR count). The average Bonchev–Trinajstić information content (AvgIpc) is 2.51. The van der Waals surface area contributed by atoms with Crippen LogP contribution >= 0.6 is 0 Å². The number of carbonyl (C=O) groups excluding carboxylic acids is 2. The molecule has 1 aromatic rings. The van der Waals surface area contributed by atoms with Gasteiger partial charge in [-0.15, -0.1) is 0 Å². The number of amides is 2. The minimum Gasteiger partial charge on any atom is -0.493 e. The number of carbonyl (C=O) groups is 2. The van der Waals surface area contributed by atoms with Gasteiger partial charge < -0.3 is 20.1 Å². The Morgan fingerprint density at radius 3 is 2.48 bits per heavy atom. The highest BCUT2D eigenvalue weighted by Gasteiger charge is 2.26. The normalized spacial score (nSPS) is 20.9. The van der Waals surface area contributed by atoms with Gasteiger partial charge in [0.15, 0.2) is 18.1 Å². The van der Waals surface area contributed by atoms with E-state index in [1.54, 1.807) is 18.2 Å². The fourth-order valence-corrected chi connectivity index (χ4v) is 3.11. The maximum atomic E-state index is 12.4. The fourth-order valence-electron chi connectivity index (χ4n) is 3.11. The molecule has 0 spiro atoms. The summed E-state index contributed by atoms with van der Waals surface area (Å²) in [7, 11) is 1.47. The Bertz CT molecular complexity index is 578. The van der Waals surface area contributed by atoms with Crippen molar-refractivity contribution in [3.05, 3.63) is 23.8 Å². The van der Waals surface area contributed by atoms with Crippen molar-refractivity contribution in [1.82, 2.24) is 4.90 Å². The van der Waals surface area contributed by atoms with Crippen molar-refractivity contribution in [2.24, 2.45) is 17.6 Å². The summed E-state index contributed by atoms with van der Waals surface area (Å²) in [6.07, 6.45) is 1.13. The minimum absolute atomic E-state index is 0.0928. The average molecular weight is 320 g/mol. The van der Waals surface area contributed by atoms with Gasteiger partial charge in [0.25, 0.3) is 11.8 Å². The summed E-state index contributed by atoms with van der Waals surface area (Å²) in [5.41, 5.74) is 5.56. The first-order chi connectivity index (χ1) is 10.9. The van der Waals surface area contributed by atoms with Crippen LogP contribution in [0.3, 0.4) is 0 Å². The van der Waals surface area contributed by atoms with E-state index in [2.05, 4.69) is 13.8 Å². The van der Waals surface area contributed by atoms with Crippen LogP contribution in [0.1, 0.15) is 30.6 Å². The van der Waals surface area contributed by atoms with Crippen LogP contribution in [0.25, 0.3) is 0 Å². The van der Waals surface area contributed by atoms with Gasteiger partial charge >= 0.3 is 0 Å².